The molecule has 0 radical (unpaired) electrons. The Balaban J connectivity index is 5.21. The summed E-state index contributed by atoms with van der Waals surface area (Å²) in [5, 5.41) is 10.6. The molecule has 510 valence electrons. The van der Waals surface area contributed by atoms with Crippen molar-refractivity contribution in [3.05, 3.63) is 0 Å². The molecule has 6 atom stereocenters. The van der Waals surface area contributed by atoms with Crippen LogP contribution >= 0.6 is 15.6 Å². The quantitative estimate of drug-likeness (QED) is 0.0222. The molecule has 0 rings (SSSR count). The number of phosphoric acid groups is 2. The summed E-state index contributed by atoms with van der Waals surface area (Å²) >= 11 is 0. The molecule has 0 aliphatic rings. The summed E-state index contributed by atoms with van der Waals surface area (Å²) in [6, 6.07) is 0. The van der Waals surface area contributed by atoms with Crippen molar-refractivity contribution in [2.45, 2.75) is 343 Å². The van der Waals surface area contributed by atoms with Crippen LogP contribution in [0.3, 0.4) is 0 Å². The number of ether oxygens (including phenoxy) is 4. The van der Waals surface area contributed by atoms with Gasteiger partial charge in [0.2, 0.25) is 0 Å². The molecule has 0 spiro atoms. The van der Waals surface area contributed by atoms with Gasteiger partial charge in [0.1, 0.15) is 19.3 Å². The highest BCUT2D eigenvalue weighted by Gasteiger charge is 2.30. The molecule has 0 aromatic rings. The zero-order valence-corrected chi connectivity index (χ0v) is 57.7. The maximum absolute atomic E-state index is 13.0. The van der Waals surface area contributed by atoms with Crippen LogP contribution in [0.1, 0.15) is 325 Å². The summed E-state index contributed by atoms with van der Waals surface area (Å²) in [5.41, 5.74) is 0. The normalized spacial score (nSPS) is 14.7. The van der Waals surface area contributed by atoms with Gasteiger partial charge >= 0.3 is 39.5 Å². The first kappa shape index (κ1) is 84.1. The van der Waals surface area contributed by atoms with Crippen molar-refractivity contribution in [2.24, 2.45) is 23.7 Å². The summed E-state index contributed by atoms with van der Waals surface area (Å²) in [7, 11) is -9.89. The second-order valence-electron chi connectivity index (χ2n) is 25.9. The summed E-state index contributed by atoms with van der Waals surface area (Å²) in [5.74, 6) is 0.761. The third-order valence-corrected chi connectivity index (χ3v) is 17.6. The van der Waals surface area contributed by atoms with Crippen molar-refractivity contribution in [2.75, 3.05) is 39.6 Å². The minimum absolute atomic E-state index is 0.102. The highest BCUT2D eigenvalue weighted by Crippen LogP contribution is 2.45. The number of esters is 4. The molecule has 0 fully saturated rings. The standard InChI is InChI=1S/C67H130O17P2/c1-9-60(8)46-38-30-24-26-34-42-50-67(72)84-63(53-77-64(69)47-39-31-22-18-20-28-36-44-58(4)5)56-82-86(75,76)80-52-61(68)51-79-85(73,74)81-55-62(54-78-65(70)48-40-32-25-23-29-37-45-59(6)7)83-66(71)49-41-33-21-17-15-13-11-10-12-14-16-19-27-35-43-57(2)3/h57-63,68H,9-56H2,1-8H3,(H,73,74)(H,75,76)/t60?,61-,62+,63+/m0/s1. The second-order valence-corrected chi connectivity index (χ2v) is 28.8. The lowest BCUT2D eigenvalue weighted by Gasteiger charge is -2.21. The summed E-state index contributed by atoms with van der Waals surface area (Å²) in [4.78, 5) is 72.3. The topological polar surface area (TPSA) is 237 Å². The molecule has 0 aliphatic heterocycles. The molecule has 0 heterocycles. The number of carbonyl (C=O) groups is 4. The van der Waals surface area contributed by atoms with Crippen LogP contribution in [0.4, 0.5) is 0 Å². The maximum atomic E-state index is 13.0. The molecule has 19 heteroatoms. The molecule has 0 aromatic carbocycles. The van der Waals surface area contributed by atoms with E-state index in [4.69, 9.17) is 37.0 Å². The van der Waals surface area contributed by atoms with E-state index in [9.17, 15) is 43.2 Å². The predicted molar refractivity (Wildman–Crippen MR) is 344 cm³/mol. The minimum Gasteiger partial charge on any atom is -0.462 e. The van der Waals surface area contributed by atoms with Crippen LogP contribution in [-0.4, -0.2) is 96.7 Å². The first-order valence-corrected chi connectivity index (χ1v) is 37.7. The van der Waals surface area contributed by atoms with E-state index >= 15 is 0 Å². The molecule has 17 nitrogen and oxygen atoms in total. The van der Waals surface area contributed by atoms with Crippen molar-refractivity contribution in [3.8, 4) is 0 Å². The molecule has 3 N–H and O–H groups in total. The molecule has 0 amide bonds. The Morgan fingerprint density at radius 1 is 0.326 bits per heavy atom. The Hall–Kier alpha value is -1.94. The zero-order valence-electron chi connectivity index (χ0n) is 55.9. The van der Waals surface area contributed by atoms with Gasteiger partial charge in [0, 0.05) is 25.7 Å². The van der Waals surface area contributed by atoms with Crippen LogP contribution in [0, 0.1) is 23.7 Å². The number of carbonyl (C=O) groups excluding carboxylic acids is 4. The van der Waals surface area contributed by atoms with Gasteiger partial charge in [-0.25, -0.2) is 9.13 Å². The summed E-state index contributed by atoms with van der Waals surface area (Å²) in [6.45, 7) is 14.0. The van der Waals surface area contributed by atoms with E-state index in [1.165, 1.54) is 116 Å². The molecular formula is C67H130O17P2. The van der Waals surface area contributed by atoms with Crippen molar-refractivity contribution >= 4 is 39.5 Å². The average molecular weight is 1270 g/mol. The molecule has 86 heavy (non-hydrogen) atoms. The zero-order chi connectivity index (χ0) is 63.9. The van der Waals surface area contributed by atoms with Gasteiger partial charge in [-0.05, 0) is 49.4 Å². The number of unbranched alkanes of at least 4 members (excludes halogenated alkanes) is 29. The maximum Gasteiger partial charge on any atom is 0.472 e. The van der Waals surface area contributed by atoms with Gasteiger partial charge in [-0.1, -0.05) is 274 Å². The Morgan fingerprint density at radius 2 is 0.558 bits per heavy atom. The van der Waals surface area contributed by atoms with Gasteiger partial charge in [0.05, 0.1) is 26.4 Å². The van der Waals surface area contributed by atoms with Crippen LogP contribution < -0.4 is 0 Å². The second kappa shape index (κ2) is 57.0. The molecule has 3 unspecified atom stereocenters. The van der Waals surface area contributed by atoms with Crippen LogP contribution in [-0.2, 0) is 65.4 Å². The van der Waals surface area contributed by atoms with Gasteiger partial charge in [0.25, 0.3) is 0 Å². The molecule has 0 bridgehead atoms. The largest absolute Gasteiger partial charge is 0.472 e. The summed E-state index contributed by atoms with van der Waals surface area (Å²) < 4.78 is 68.1. The van der Waals surface area contributed by atoms with Crippen molar-refractivity contribution < 1.29 is 80.2 Å². The number of hydrogen-bond acceptors (Lipinski definition) is 15. The molecular weight excluding hydrogens is 1140 g/mol. The monoisotopic (exact) mass is 1270 g/mol. The van der Waals surface area contributed by atoms with E-state index in [0.29, 0.717) is 37.5 Å². The minimum atomic E-state index is -4.95. The first-order chi connectivity index (χ1) is 41.1. The van der Waals surface area contributed by atoms with Gasteiger partial charge in [-0.15, -0.1) is 0 Å². The Labute approximate surface area is 524 Å². The summed E-state index contributed by atoms with van der Waals surface area (Å²) in [6.07, 6.45) is 37.9. The Morgan fingerprint density at radius 3 is 0.826 bits per heavy atom. The van der Waals surface area contributed by atoms with E-state index in [2.05, 4.69) is 55.4 Å². The smallest absolute Gasteiger partial charge is 0.462 e. The average Bonchev–Trinajstić information content (AvgIpc) is 3.68. The van der Waals surface area contributed by atoms with Crippen molar-refractivity contribution in [3.63, 3.8) is 0 Å². The van der Waals surface area contributed by atoms with E-state index in [-0.39, 0.29) is 25.7 Å². The SMILES string of the molecule is CCC(C)CCCCCCCCC(=O)O[C@H](COC(=O)CCCCCCCCCC(C)C)COP(=O)(O)OC[C@@H](O)COP(=O)(O)OC[C@@H](COC(=O)CCCCCCCCC(C)C)OC(=O)CCCCCCCCCCCCCCCCC(C)C. The Kier molecular flexibility index (Phi) is 55.7. The number of phosphoric ester groups is 2. The van der Waals surface area contributed by atoms with Crippen LogP contribution in [0.25, 0.3) is 0 Å². The van der Waals surface area contributed by atoms with Gasteiger partial charge in [-0.3, -0.25) is 37.3 Å². The third kappa shape index (κ3) is 59.7. The fourth-order valence-electron chi connectivity index (χ4n) is 9.93. The fraction of sp³-hybridized carbons (Fsp3) is 0.940. The number of aliphatic hydroxyl groups excluding tert-OH is 1. The highest BCUT2D eigenvalue weighted by atomic mass is 31.2. The van der Waals surface area contributed by atoms with E-state index in [0.717, 1.165) is 115 Å². The van der Waals surface area contributed by atoms with Crippen LogP contribution in [0.2, 0.25) is 0 Å². The highest BCUT2D eigenvalue weighted by molar-refractivity contribution is 7.47. The van der Waals surface area contributed by atoms with Gasteiger partial charge in [0.15, 0.2) is 12.2 Å². The third-order valence-electron chi connectivity index (χ3n) is 15.7. The van der Waals surface area contributed by atoms with Crippen LogP contribution in [0.5, 0.6) is 0 Å². The fourth-order valence-corrected chi connectivity index (χ4v) is 11.5. The van der Waals surface area contributed by atoms with Gasteiger partial charge < -0.3 is 33.8 Å². The van der Waals surface area contributed by atoms with E-state index in [1.807, 2.05) is 0 Å². The van der Waals surface area contributed by atoms with E-state index < -0.39 is 97.5 Å². The lowest BCUT2D eigenvalue weighted by atomic mass is 10.00. The van der Waals surface area contributed by atoms with E-state index in [1.54, 1.807) is 0 Å². The van der Waals surface area contributed by atoms with Gasteiger partial charge in [-0.2, -0.15) is 0 Å². The Bertz CT molecular complexity index is 1720. The number of rotatable bonds is 64. The molecule has 0 aromatic heterocycles. The lowest BCUT2D eigenvalue weighted by molar-refractivity contribution is -0.161. The van der Waals surface area contributed by atoms with Crippen LogP contribution in [0.15, 0.2) is 0 Å². The number of hydrogen-bond donors (Lipinski definition) is 3. The van der Waals surface area contributed by atoms with Crippen molar-refractivity contribution in [1.82, 2.24) is 0 Å². The molecule has 0 aliphatic carbocycles. The molecule has 0 saturated heterocycles. The molecule has 0 saturated carbocycles. The first-order valence-electron chi connectivity index (χ1n) is 34.7. The van der Waals surface area contributed by atoms with Crippen molar-refractivity contribution in [1.29, 1.82) is 0 Å². The number of aliphatic hydroxyl groups is 1. The predicted octanol–water partition coefficient (Wildman–Crippen LogP) is 18.5. The lowest BCUT2D eigenvalue weighted by Crippen LogP contribution is -2.30.